The minimum absolute atomic E-state index is 0.0397. The molecule has 0 aliphatic rings. The van der Waals surface area contributed by atoms with Gasteiger partial charge in [0, 0.05) is 5.56 Å². The molecule has 1 N–H and O–H groups in total. The maximum absolute atomic E-state index is 14.0. The molecule has 4 nitrogen and oxygen atoms in total. The molecule has 1 amide bonds. The Labute approximate surface area is 159 Å². The largest absolute Gasteiger partial charge is 0.494 e. The monoisotopic (exact) mass is 390 g/mol. The molecular formula is C19H16ClFN2O2S. The molecule has 0 aliphatic carbocycles. The zero-order valence-electron chi connectivity index (χ0n) is 14.2. The number of nitrogens with zero attached hydrogens (tertiary/aromatic N) is 1. The van der Waals surface area contributed by atoms with Gasteiger partial charge in [-0.05, 0) is 50.2 Å². The van der Waals surface area contributed by atoms with Crippen molar-refractivity contribution in [1.29, 1.82) is 0 Å². The summed E-state index contributed by atoms with van der Waals surface area (Å²) in [4.78, 5) is 17.4. The van der Waals surface area contributed by atoms with E-state index in [0.717, 1.165) is 11.3 Å². The molecular weight excluding hydrogens is 375 g/mol. The van der Waals surface area contributed by atoms with Crippen molar-refractivity contribution < 1.29 is 13.9 Å². The Bertz CT molecular complexity index is 941. The molecule has 7 heteroatoms. The van der Waals surface area contributed by atoms with E-state index in [-0.39, 0.29) is 10.7 Å². The van der Waals surface area contributed by atoms with Gasteiger partial charge in [0.15, 0.2) is 5.82 Å². The van der Waals surface area contributed by atoms with Gasteiger partial charge in [-0.2, -0.15) is 0 Å². The van der Waals surface area contributed by atoms with Crippen LogP contribution >= 0.6 is 22.9 Å². The second-order valence-corrected chi connectivity index (χ2v) is 6.85. The molecule has 1 heterocycles. The minimum Gasteiger partial charge on any atom is -0.494 e. The number of nitrogens with one attached hydrogen (secondary N) is 1. The van der Waals surface area contributed by atoms with Crippen LogP contribution in [0.25, 0.3) is 10.6 Å². The Morgan fingerprint density at radius 1 is 1.27 bits per heavy atom. The van der Waals surface area contributed by atoms with Crippen LogP contribution in [0.4, 0.5) is 10.1 Å². The fourth-order valence-electron chi connectivity index (χ4n) is 2.37. The van der Waals surface area contributed by atoms with Crippen molar-refractivity contribution in [3.05, 3.63) is 63.9 Å². The number of amides is 1. The van der Waals surface area contributed by atoms with Crippen molar-refractivity contribution in [2.24, 2.45) is 0 Å². The van der Waals surface area contributed by atoms with Crippen LogP contribution in [0.15, 0.2) is 42.5 Å². The maximum Gasteiger partial charge on any atom is 0.267 e. The molecule has 3 rings (SSSR count). The van der Waals surface area contributed by atoms with Crippen LogP contribution in [-0.4, -0.2) is 17.5 Å². The van der Waals surface area contributed by atoms with Crippen LogP contribution in [0, 0.1) is 12.7 Å². The third kappa shape index (κ3) is 3.86. The van der Waals surface area contributed by atoms with E-state index >= 15 is 0 Å². The molecule has 0 bridgehead atoms. The predicted octanol–water partition coefficient (Wildman–Crippen LogP) is 5.56. The number of anilines is 1. The third-order valence-corrected chi connectivity index (χ3v) is 5.11. The highest BCUT2D eigenvalue weighted by molar-refractivity contribution is 7.17. The van der Waals surface area contributed by atoms with Crippen molar-refractivity contribution in [2.45, 2.75) is 13.8 Å². The van der Waals surface area contributed by atoms with E-state index in [2.05, 4.69) is 10.3 Å². The second kappa shape index (κ2) is 7.85. The summed E-state index contributed by atoms with van der Waals surface area (Å²) in [5.74, 6) is -0.297. The van der Waals surface area contributed by atoms with Crippen LogP contribution < -0.4 is 10.1 Å². The molecule has 3 aromatic rings. The van der Waals surface area contributed by atoms with Crippen LogP contribution in [0.3, 0.4) is 0 Å². The van der Waals surface area contributed by atoms with Crippen LogP contribution in [-0.2, 0) is 0 Å². The molecule has 0 saturated heterocycles. The highest BCUT2D eigenvalue weighted by atomic mass is 35.5. The Kier molecular flexibility index (Phi) is 5.54. The lowest BCUT2D eigenvalue weighted by atomic mass is 10.2. The number of ether oxygens (including phenoxy) is 1. The van der Waals surface area contributed by atoms with Gasteiger partial charge in [-0.15, -0.1) is 11.3 Å². The molecule has 0 spiro atoms. The predicted molar refractivity (Wildman–Crippen MR) is 103 cm³/mol. The molecule has 0 fully saturated rings. The van der Waals surface area contributed by atoms with Gasteiger partial charge in [0.25, 0.3) is 5.91 Å². The smallest absolute Gasteiger partial charge is 0.267 e. The van der Waals surface area contributed by atoms with Gasteiger partial charge in [-0.1, -0.05) is 17.7 Å². The van der Waals surface area contributed by atoms with Gasteiger partial charge in [0.2, 0.25) is 0 Å². The maximum atomic E-state index is 14.0. The van der Waals surface area contributed by atoms with Crippen molar-refractivity contribution in [1.82, 2.24) is 4.98 Å². The quantitative estimate of drug-likeness (QED) is 0.620. The summed E-state index contributed by atoms with van der Waals surface area (Å²) in [6.45, 7) is 4.27. The number of aromatic nitrogens is 1. The van der Waals surface area contributed by atoms with Gasteiger partial charge in [-0.25, -0.2) is 9.37 Å². The van der Waals surface area contributed by atoms with E-state index in [1.807, 2.05) is 31.2 Å². The summed E-state index contributed by atoms with van der Waals surface area (Å²) in [5, 5.41) is 3.22. The van der Waals surface area contributed by atoms with Crippen molar-refractivity contribution >= 4 is 34.5 Å². The van der Waals surface area contributed by atoms with Crippen LogP contribution in [0.2, 0.25) is 5.02 Å². The van der Waals surface area contributed by atoms with Crippen molar-refractivity contribution in [2.75, 3.05) is 11.9 Å². The number of hydrogen-bond donors (Lipinski definition) is 1. The number of hydrogen-bond acceptors (Lipinski definition) is 4. The van der Waals surface area contributed by atoms with Crippen molar-refractivity contribution in [3.63, 3.8) is 0 Å². The summed E-state index contributed by atoms with van der Waals surface area (Å²) in [6, 6.07) is 12.0. The minimum atomic E-state index is -0.656. The molecule has 0 atom stereocenters. The van der Waals surface area contributed by atoms with Gasteiger partial charge < -0.3 is 10.1 Å². The van der Waals surface area contributed by atoms with E-state index in [4.69, 9.17) is 16.3 Å². The van der Waals surface area contributed by atoms with Gasteiger partial charge >= 0.3 is 0 Å². The molecule has 0 aliphatic heterocycles. The summed E-state index contributed by atoms with van der Waals surface area (Å²) in [7, 11) is 0. The molecule has 0 radical (unpaired) electrons. The summed E-state index contributed by atoms with van der Waals surface area (Å²) in [6.07, 6.45) is 0. The third-order valence-electron chi connectivity index (χ3n) is 3.61. The summed E-state index contributed by atoms with van der Waals surface area (Å²) in [5.41, 5.74) is 1.51. The number of thiazole rings is 1. The first-order valence-electron chi connectivity index (χ1n) is 7.95. The van der Waals surface area contributed by atoms with Crippen molar-refractivity contribution in [3.8, 4) is 16.3 Å². The zero-order valence-corrected chi connectivity index (χ0v) is 15.7. The van der Waals surface area contributed by atoms with Gasteiger partial charge in [0.05, 0.1) is 23.0 Å². The lowest BCUT2D eigenvalue weighted by Gasteiger charge is -2.06. The SMILES string of the molecule is CCOc1ccc(-c2nc(C)c(C(=O)Nc3cccc(Cl)c3F)s2)cc1. The average Bonchev–Trinajstić information content (AvgIpc) is 3.02. The fraction of sp³-hybridized carbons (Fsp3) is 0.158. The summed E-state index contributed by atoms with van der Waals surface area (Å²) >= 11 is 7.00. The molecule has 0 saturated carbocycles. The normalized spacial score (nSPS) is 10.6. The molecule has 134 valence electrons. The lowest BCUT2D eigenvalue weighted by Crippen LogP contribution is -2.12. The van der Waals surface area contributed by atoms with Crippen LogP contribution in [0.1, 0.15) is 22.3 Å². The standard InChI is InChI=1S/C19H16ClFN2O2S/c1-3-25-13-9-7-12(8-10-13)19-22-11(2)17(26-19)18(24)23-15-6-4-5-14(20)16(15)21/h4-10H,3H2,1-2H3,(H,23,24). The summed E-state index contributed by atoms with van der Waals surface area (Å²) < 4.78 is 19.4. The topological polar surface area (TPSA) is 51.2 Å². The van der Waals surface area contributed by atoms with E-state index in [1.54, 1.807) is 13.0 Å². The average molecular weight is 391 g/mol. The molecule has 1 aromatic heterocycles. The Hall–Kier alpha value is -2.44. The highest BCUT2D eigenvalue weighted by Crippen LogP contribution is 2.30. The number of aryl methyl sites for hydroxylation is 1. The first kappa shape index (κ1) is 18.4. The van der Waals surface area contributed by atoms with E-state index in [9.17, 15) is 9.18 Å². The molecule has 2 aromatic carbocycles. The number of halogens is 2. The van der Waals surface area contributed by atoms with Crippen LogP contribution in [0.5, 0.6) is 5.75 Å². The number of carbonyl (C=O) groups excluding carboxylic acids is 1. The number of rotatable bonds is 5. The number of benzene rings is 2. The Morgan fingerprint density at radius 2 is 2.00 bits per heavy atom. The van der Waals surface area contributed by atoms with Gasteiger partial charge in [0.1, 0.15) is 15.6 Å². The first-order chi connectivity index (χ1) is 12.5. The van der Waals surface area contributed by atoms with E-state index in [0.29, 0.717) is 22.2 Å². The molecule has 26 heavy (non-hydrogen) atoms. The Balaban J connectivity index is 1.83. The van der Waals surface area contributed by atoms with E-state index in [1.165, 1.54) is 23.5 Å². The fourth-order valence-corrected chi connectivity index (χ4v) is 3.51. The molecule has 0 unspecified atom stereocenters. The zero-order chi connectivity index (χ0) is 18.7. The highest BCUT2D eigenvalue weighted by Gasteiger charge is 2.18. The Morgan fingerprint density at radius 3 is 2.69 bits per heavy atom. The second-order valence-electron chi connectivity index (χ2n) is 5.45. The first-order valence-corrected chi connectivity index (χ1v) is 9.15. The van der Waals surface area contributed by atoms with Gasteiger partial charge in [-0.3, -0.25) is 4.79 Å². The lowest BCUT2D eigenvalue weighted by molar-refractivity contribution is 0.102. The van der Waals surface area contributed by atoms with E-state index < -0.39 is 11.7 Å². The number of carbonyl (C=O) groups is 1.